The molecule has 6 heteroatoms. The first-order chi connectivity index (χ1) is 11.0. The number of allylic oxidation sites excluding steroid dienone is 3. The Balaban J connectivity index is 0.00000208. The van der Waals surface area contributed by atoms with E-state index >= 15 is 0 Å². The molecule has 1 aromatic heterocycles. The molecule has 1 saturated heterocycles. The Morgan fingerprint density at radius 1 is 1.38 bits per heavy atom. The Labute approximate surface area is 152 Å². The minimum absolute atomic E-state index is 0. The second kappa shape index (κ2) is 7.30. The third kappa shape index (κ3) is 3.13. The maximum Gasteiger partial charge on any atom is 0.147 e. The van der Waals surface area contributed by atoms with Crippen LogP contribution >= 0.6 is 23.7 Å². The van der Waals surface area contributed by atoms with Crippen LogP contribution in [0.2, 0.25) is 0 Å². The Hall–Kier alpha value is -1.30. The Bertz CT molecular complexity index is 637. The number of aliphatic hydroxyl groups is 1. The van der Waals surface area contributed by atoms with E-state index in [4.69, 9.17) is 0 Å². The van der Waals surface area contributed by atoms with Crippen molar-refractivity contribution in [1.29, 1.82) is 0 Å². The summed E-state index contributed by atoms with van der Waals surface area (Å²) in [4.78, 5) is 14.6. The first kappa shape index (κ1) is 19.0. The summed E-state index contributed by atoms with van der Waals surface area (Å²) >= 11 is 1.25. The van der Waals surface area contributed by atoms with E-state index in [0.717, 1.165) is 31.6 Å². The number of carbonyl (C=O) groups is 1. The van der Waals surface area contributed by atoms with E-state index in [0.29, 0.717) is 11.3 Å². The summed E-state index contributed by atoms with van der Waals surface area (Å²) in [6.45, 7) is 3.80. The number of aliphatic carboxylic acids is 1. The standard InChI is InChI=1S/C18H23NO3S.ClH/c1-17(18(22,16(20)21)15-8-6-12-23-15)9-5-7-14(13-17)19-10-3-2-4-11-19;/h5-9,12,22H,2-4,10-11,13H2,1H3,(H,20,21);1H/p-1. The fourth-order valence-corrected chi connectivity index (χ4v) is 4.56. The Morgan fingerprint density at radius 3 is 2.67 bits per heavy atom. The zero-order chi connectivity index (χ0) is 16.5. The third-order valence-corrected chi connectivity index (χ3v) is 6.04. The molecule has 0 spiro atoms. The number of hydrogen-bond acceptors (Lipinski definition) is 5. The molecule has 24 heavy (non-hydrogen) atoms. The molecule has 1 N–H and O–H groups in total. The van der Waals surface area contributed by atoms with Crippen LogP contribution in [-0.4, -0.2) is 29.1 Å². The average Bonchev–Trinajstić information content (AvgIpc) is 3.09. The van der Waals surface area contributed by atoms with Crippen molar-refractivity contribution < 1.29 is 15.0 Å². The molecule has 0 radical (unpaired) electrons. The van der Waals surface area contributed by atoms with Crippen LogP contribution in [0.15, 0.2) is 41.4 Å². The first-order valence-corrected chi connectivity index (χ1v) is 8.96. The minimum atomic E-state index is -2.02. The molecule has 2 aliphatic rings. The summed E-state index contributed by atoms with van der Waals surface area (Å²) < 4.78 is 0. The molecule has 0 bridgehead atoms. The maximum atomic E-state index is 11.9. The number of thiophene rings is 1. The van der Waals surface area contributed by atoms with Crippen LogP contribution in [0.5, 0.6) is 0 Å². The van der Waals surface area contributed by atoms with Gasteiger partial charge in [0.05, 0.1) is 5.97 Å². The normalized spacial score (nSPS) is 26.2. The topological polar surface area (TPSA) is 63.6 Å². The van der Waals surface area contributed by atoms with Crippen molar-refractivity contribution in [3.05, 3.63) is 46.3 Å². The number of carbonyl (C=O) groups excluding carboxylic acids is 1. The third-order valence-electron chi connectivity index (χ3n) is 5.06. The number of hydrogen-bond donors (Lipinski definition) is 1. The second-order valence-electron chi connectivity index (χ2n) is 6.63. The number of carboxylic acid groups (broad SMARTS) is 1. The molecule has 1 fully saturated rings. The number of piperidine rings is 1. The zero-order valence-electron chi connectivity index (χ0n) is 13.7. The molecular weight excluding hydrogens is 346 g/mol. The van der Waals surface area contributed by atoms with E-state index in [1.54, 1.807) is 30.5 Å². The SMILES string of the molecule is CC1(C(O)(C(=O)[O-])c2cccs2)C=CC=C(N2CCCCC2)C1.Cl. The van der Waals surface area contributed by atoms with Gasteiger partial charge in [-0.25, -0.2) is 0 Å². The van der Waals surface area contributed by atoms with E-state index in [-0.39, 0.29) is 12.4 Å². The minimum Gasteiger partial charge on any atom is -0.547 e. The lowest BCUT2D eigenvalue weighted by Crippen LogP contribution is -2.56. The molecule has 0 amide bonds. The lowest BCUT2D eigenvalue weighted by atomic mass is 9.67. The Kier molecular flexibility index (Phi) is 5.78. The lowest BCUT2D eigenvalue weighted by Gasteiger charge is -2.46. The smallest absolute Gasteiger partial charge is 0.147 e. The number of nitrogens with zero attached hydrogens (tertiary/aromatic N) is 1. The van der Waals surface area contributed by atoms with Crippen molar-refractivity contribution >= 4 is 29.7 Å². The van der Waals surface area contributed by atoms with Crippen molar-refractivity contribution in [3.63, 3.8) is 0 Å². The highest BCUT2D eigenvalue weighted by Crippen LogP contribution is 2.48. The van der Waals surface area contributed by atoms with Gasteiger partial charge in [0.2, 0.25) is 0 Å². The van der Waals surface area contributed by atoms with E-state index in [2.05, 4.69) is 4.90 Å². The van der Waals surface area contributed by atoms with Gasteiger partial charge in [-0.1, -0.05) is 25.1 Å². The fraction of sp³-hybridized carbons (Fsp3) is 0.500. The summed E-state index contributed by atoms with van der Waals surface area (Å²) in [6, 6.07) is 3.42. The van der Waals surface area contributed by atoms with Crippen LogP contribution in [0.1, 0.15) is 37.5 Å². The highest BCUT2D eigenvalue weighted by atomic mass is 35.5. The predicted molar refractivity (Wildman–Crippen MR) is 95.8 cm³/mol. The summed E-state index contributed by atoms with van der Waals surface area (Å²) in [6.07, 6.45) is 9.77. The van der Waals surface area contributed by atoms with Crippen LogP contribution in [0.4, 0.5) is 0 Å². The van der Waals surface area contributed by atoms with Gasteiger partial charge >= 0.3 is 0 Å². The van der Waals surface area contributed by atoms with Crippen molar-refractivity contribution in [1.82, 2.24) is 4.90 Å². The molecule has 4 nitrogen and oxygen atoms in total. The number of rotatable bonds is 4. The molecule has 3 rings (SSSR count). The zero-order valence-corrected chi connectivity index (χ0v) is 15.4. The van der Waals surface area contributed by atoms with Crippen molar-refractivity contribution in [2.24, 2.45) is 5.41 Å². The van der Waals surface area contributed by atoms with Gasteiger partial charge in [-0.3, -0.25) is 0 Å². The van der Waals surface area contributed by atoms with Gasteiger partial charge in [0.15, 0.2) is 0 Å². The molecule has 2 atom stereocenters. The van der Waals surface area contributed by atoms with Crippen LogP contribution in [0.3, 0.4) is 0 Å². The molecular formula is C18H23ClNO3S-. The van der Waals surface area contributed by atoms with E-state index < -0.39 is 17.0 Å². The molecule has 0 aromatic carbocycles. The molecule has 132 valence electrons. The summed E-state index contributed by atoms with van der Waals surface area (Å²) in [5, 5.41) is 24.8. The van der Waals surface area contributed by atoms with E-state index in [1.165, 1.54) is 17.8 Å². The van der Waals surface area contributed by atoms with Gasteiger partial charge in [-0.2, -0.15) is 0 Å². The van der Waals surface area contributed by atoms with Crippen molar-refractivity contribution in [3.8, 4) is 0 Å². The Morgan fingerprint density at radius 2 is 2.08 bits per heavy atom. The second-order valence-corrected chi connectivity index (χ2v) is 7.58. The first-order valence-electron chi connectivity index (χ1n) is 8.08. The summed E-state index contributed by atoms with van der Waals surface area (Å²) in [5.74, 6) is -1.44. The highest BCUT2D eigenvalue weighted by molar-refractivity contribution is 7.10. The summed E-state index contributed by atoms with van der Waals surface area (Å²) in [7, 11) is 0. The van der Waals surface area contributed by atoms with Crippen LogP contribution in [-0.2, 0) is 10.4 Å². The number of halogens is 1. The van der Waals surface area contributed by atoms with E-state index in [1.807, 2.05) is 12.2 Å². The van der Waals surface area contributed by atoms with Crippen molar-refractivity contribution in [2.75, 3.05) is 13.1 Å². The predicted octanol–water partition coefficient (Wildman–Crippen LogP) is 2.44. The monoisotopic (exact) mass is 368 g/mol. The van der Waals surface area contributed by atoms with Crippen LogP contribution in [0, 0.1) is 5.41 Å². The molecule has 1 aliphatic heterocycles. The fourth-order valence-electron chi connectivity index (χ4n) is 3.61. The van der Waals surface area contributed by atoms with Gasteiger partial charge in [-0.05, 0) is 43.2 Å². The number of carboxylic acids is 1. The van der Waals surface area contributed by atoms with Crippen LogP contribution < -0.4 is 5.11 Å². The van der Waals surface area contributed by atoms with Crippen molar-refractivity contribution in [2.45, 2.75) is 38.2 Å². The molecule has 1 aliphatic carbocycles. The van der Waals surface area contributed by atoms with Crippen LogP contribution in [0.25, 0.3) is 0 Å². The van der Waals surface area contributed by atoms with Gasteiger partial charge in [-0.15, -0.1) is 23.7 Å². The molecule has 2 unspecified atom stereocenters. The quantitative estimate of drug-likeness (QED) is 0.886. The largest absolute Gasteiger partial charge is 0.547 e. The van der Waals surface area contributed by atoms with Gasteiger partial charge < -0.3 is 19.9 Å². The average molecular weight is 369 g/mol. The molecule has 0 saturated carbocycles. The summed E-state index contributed by atoms with van der Waals surface area (Å²) in [5.41, 5.74) is -1.85. The highest BCUT2D eigenvalue weighted by Gasteiger charge is 2.50. The van der Waals surface area contributed by atoms with E-state index in [9.17, 15) is 15.0 Å². The van der Waals surface area contributed by atoms with Gasteiger partial charge in [0.25, 0.3) is 0 Å². The molecule has 1 aromatic rings. The van der Waals surface area contributed by atoms with Gasteiger partial charge in [0.1, 0.15) is 5.60 Å². The number of likely N-dealkylation sites (tertiary alicyclic amines) is 1. The lowest BCUT2D eigenvalue weighted by molar-refractivity contribution is -0.332. The molecule has 2 heterocycles. The van der Waals surface area contributed by atoms with Gasteiger partial charge in [0, 0.05) is 29.1 Å². The maximum absolute atomic E-state index is 11.9.